The van der Waals surface area contributed by atoms with E-state index in [9.17, 15) is 19.8 Å². The smallest absolute Gasteiger partial charge is 0.305 e. The third kappa shape index (κ3) is 67.6. The van der Waals surface area contributed by atoms with E-state index in [1.54, 1.807) is 0 Å². The number of hydrogen-bond acceptors (Lipinski definition) is 5. The fourth-order valence-electron chi connectivity index (χ4n) is 12.1. The van der Waals surface area contributed by atoms with Gasteiger partial charge in [-0.3, -0.25) is 9.59 Å². The number of hydrogen-bond donors (Lipinski definition) is 3. The van der Waals surface area contributed by atoms with Crippen LogP contribution in [0.15, 0.2) is 12.2 Å². The number of allylic oxidation sites excluding steroid dienone is 2. The highest BCUT2D eigenvalue weighted by molar-refractivity contribution is 5.76. The molecule has 0 radical (unpaired) electrons. The summed E-state index contributed by atoms with van der Waals surface area (Å²) in [6.07, 6.45) is 88.6. The van der Waals surface area contributed by atoms with Crippen LogP contribution in [0, 0.1) is 0 Å². The highest BCUT2D eigenvalue weighted by Gasteiger charge is 2.20. The molecule has 0 aliphatic carbocycles. The average molecular weight is 1140 g/mol. The van der Waals surface area contributed by atoms with Crippen LogP contribution in [0.3, 0.4) is 0 Å². The Balaban J connectivity index is 3.30. The van der Waals surface area contributed by atoms with Gasteiger partial charge < -0.3 is 20.3 Å². The molecule has 6 nitrogen and oxygen atoms in total. The van der Waals surface area contributed by atoms with E-state index in [1.165, 1.54) is 353 Å². The molecule has 0 heterocycles. The van der Waals surface area contributed by atoms with Crippen LogP contribution in [-0.4, -0.2) is 47.4 Å². The quantitative estimate of drug-likeness (QED) is 0.0320. The summed E-state index contributed by atoms with van der Waals surface area (Å²) < 4.78 is 5.50. The SMILES string of the molecule is CCCCCCCCC/C=C\CCCCCCCC(=O)OCCCCCCCCCCCCCCCCCCCCCCCCCCCCCCCCCCCC(=O)NC(CO)C(O)CCCCCCCCCCCCCCCCC. The molecule has 0 aromatic rings. The number of aliphatic hydroxyl groups is 2. The molecule has 81 heavy (non-hydrogen) atoms. The molecule has 0 fully saturated rings. The van der Waals surface area contributed by atoms with Crippen LogP contribution < -0.4 is 5.32 Å². The summed E-state index contributed by atoms with van der Waals surface area (Å²) in [7, 11) is 0. The Morgan fingerprint density at radius 2 is 0.580 bits per heavy atom. The summed E-state index contributed by atoms with van der Waals surface area (Å²) in [5, 5.41) is 23.3. The number of carbonyl (C=O) groups excluding carboxylic acids is 2. The molecule has 0 aliphatic heterocycles. The second kappa shape index (κ2) is 71.1. The van der Waals surface area contributed by atoms with Crippen molar-refractivity contribution < 1.29 is 24.5 Å². The summed E-state index contributed by atoms with van der Waals surface area (Å²) in [5.41, 5.74) is 0. The van der Waals surface area contributed by atoms with Crippen LogP contribution >= 0.6 is 0 Å². The zero-order chi connectivity index (χ0) is 58.5. The molecule has 1 amide bonds. The Bertz CT molecular complexity index is 1220. The minimum atomic E-state index is -0.660. The van der Waals surface area contributed by atoms with Crippen molar-refractivity contribution in [1.29, 1.82) is 0 Å². The van der Waals surface area contributed by atoms with Crippen molar-refractivity contribution in [3.8, 4) is 0 Å². The molecule has 6 heteroatoms. The molecule has 0 spiro atoms. The van der Waals surface area contributed by atoms with E-state index >= 15 is 0 Å². The molecule has 0 bridgehead atoms. The van der Waals surface area contributed by atoms with Gasteiger partial charge in [-0.2, -0.15) is 0 Å². The van der Waals surface area contributed by atoms with Crippen molar-refractivity contribution >= 4 is 11.9 Å². The molecule has 0 rings (SSSR count). The van der Waals surface area contributed by atoms with Crippen molar-refractivity contribution in [3.63, 3.8) is 0 Å². The van der Waals surface area contributed by atoms with Gasteiger partial charge in [0.15, 0.2) is 0 Å². The second-order valence-electron chi connectivity index (χ2n) is 26.0. The number of aliphatic hydroxyl groups excluding tert-OH is 2. The summed E-state index contributed by atoms with van der Waals surface area (Å²) >= 11 is 0. The molecule has 0 aliphatic rings. The number of esters is 1. The van der Waals surface area contributed by atoms with Gasteiger partial charge in [-0.15, -0.1) is 0 Å². The van der Waals surface area contributed by atoms with Gasteiger partial charge in [-0.25, -0.2) is 0 Å². The van der Waals surface area contributed by atoms with E-state index in [0.29, 0.717) is 25.9 Å². The summed E-state index contributed by atoms with van der Waals surface area (Å²) in [6, 6.07) is -0.537. The number of nitrogens with one attached hydrogen (secondary N) is 1. The third-order valence-electron chi connectivity index (χ3n) is 17.8. The van der Waals surface area contributed by atoms with Gasteiger partial charge in [0.1, 0.15) is 0 Å². The predicted molar refractivity (Wildman–Crippen MR) is 357 cm³/mol. The van der Waals surface area contributed by atoms with Crippen molar-refractivity contribution in [1.82, 2.24) is 5.32 Å². The lowest BCUT2D eigenvalue weighted by atomic mass is 10.0. The maximum Gasteiger partial charge on any atom is 0.305 e. The fraction of sp³-hybridized carbons (Fsp3) is 0.947. The van der Waals surface area contributed by atoms with Gasteiger partial charge >= 0.3 is 5.97 Å². The van der Waals surface area contributed by atoms with Gasteiger partial charge in [-0.05, 0) is 51.4 Å². The summed E-state index contributed by atoms with van der Waals surface area (Å²) in [4.78, 5) is 24.6. The third-order valence-corrected chi connectivity index (χ3v) is 17.8. The summed E-state index contributed by atoms with van der Waals surface area (Å²) in [6.45, 7) is 4.99. The van der Waals surface area contributed by atoms with E-state index in [2.05, 4.69) is 31.3 Å². The minimum Gasteiger partial charge on any atom is -0.466 e. The Morgan fingerprint density at radius 3 is 0.877 bits per heavy atom. The molecule has 2 atom stereocenters. The van der Waals surface area contributed by atoms with E-state index in [1.807, 2.05) is 0 Å². The predicted octanol–water partition coefficient (Wildman–Crippen LogP) is 24.3. The van der Waals surface area contributed by atoms with Crippen molar-refractivity contribution in [2.45, 2.75) is 443 Å². The van der Waals surface area contributed by atoms with Crippen molar-refractivity contribution in [3.05, 3.63) is 12.2 Å². The first-order valence-electron chi connectivity index (χ1n) is 37.4. The molecule has 0 saturated heterocycles. The van der Waals surface area contributed by atoms with Crippen LogP contribution in [0.1, 0.15) is 431 Å². The highest BCUT2D eigenvalue weighted by Crippen LogP contribution is 2.20. The van der Waals surface area contributed by atoms with E-state index in [0.717, 1.165) is 44.9 Å². The van der Waals surface area contributed by atoms with Gasteiger partial charge in [0, 0.05) is 12.8 Å². The first kappa shape index (κ1) is 79.6. The van der Waals surface area contributed by atoms with Crippen LogP contribution in [0.4, 0.5) is 0 Å². The van der Waals surface area contributed by atoms with Gasteiger partial charge in [0.05, 0.1) is 25.4 Å². The zero-order valence-electron chi connectivity index (χ0n) is 55.3. The molecular weight excluding hydrogens is 995 g/mol. The standard InChI is InChI=1S/C75H147NO5/c1-3-5-7-9-11-13-15-17-19-41-45-49-53-57-61-65-69-75(80)81-70-66-62-58-54-50-46-42-38-36-34-32-30-28-26-24-22-20-21-23-25-27-29-31-33-35-37-40-44-48-52-56-60-64-68-74(79)76-72(71-77)73(78)67-63-59-55-51-47-43-39-18-16-14-12-10-8-6-4-2/h19,41,72-73,77-78H,3-18,20-40,42-71H2,1-2H3,(H,76,79)/b41-19-. The highest BCUT2D eigenvalue weighted by atomic mass is 16.5. The van der Waals surface area contributed by atoms with Crippen molar-refractivity contribution in [2.75, 3.05) is 13.2 Å². The van der Waals surface area contributed by atoms with Crippen LogP contribution in [-0.2, 0) is 14.3 Å². The topological polar surface area (TPSA) is 95.9 Å². The number of unbranched alkanes of at least 4 members (excludes halogenated alkanes) is 58. The molecule has 0 saturated carbocycles. The normalized spacial score (nSPS) is 12.5. The van der Waals surface area contributed by atoms with E-state index < -0.39 is 12.1 Å². The lowest BCUT2D eigenvalue weighted by Gasteiger charge is -2.22. The minimum absolute atomic E-state index is 0.0153. The lowest BCUT2D eigenvalue weighted by Crippen LogP contribution is -2.45. The van der Waals surface area contributed by atoms with Crippen LogP contribution in [0.25, 0.3) is 0 Å². The van der Waals surface area contributed by atoms with Crippen LogP contribution in [0.5, 0.6) is 0 Å². The molecule has 482 valence electrons. The first-order chi connectivity index (χ1) is 40.0. The second-order valence-corrected chi connectivity index (χ2v) is 26.0. The van der Waals surface area contributed by atoms with E-state index in [4.69, 9.17) is 4.74 Å². The van der Waals surface area contributed by atoms with Gasteiger partial charge in [0.2, 0.25) is 5.91 Å². The monoisotopic (exact) mass is 1140 g/mol. The van der Waals surface area contributed by atoms with Gasteiger partial charge in [-0.1, -0.05) is 379 Å². The maximum atomic E-state index is 12.5. The van der Waals surface area contributed by atoms with E-state index in [-0.39, 0.29) is 18.5 Å². The van der Waals surface area contributed by atoms with Crippen LogP contribution in [0.2, 0.25) is 0 Å². The number of amides is 1. The fourth-order valence-corrected chi connectivity index (χ4v) is 12.1. The molecule has 0 aromatic heterocycles. The molecular formula is C75H147NO5. The maximum absolute atomic E-state index is 12.5. The lowest BCUT2D eigenvalue weighted by molar-refractivity contribution is -0.143. The van der Waals surface area contributed by atoms with Crippen molar-refractivity contribution in [2.24, 2.45) is 0 Å². The Hall–Kier alpha value is -1.40. The Morgan fingerprint density at radius 1 is 0.333 bits per heavy atom. The average Bonchev–Trinajstić information content (AvgIpc) is 3.47. The summed E-state index contributed by atoms with van der Waals surface area (Å²) in [5.74, 6) is -0.0112. The Kier molecular flexibility index (Phi) is 69.9. The zero-order valence-corrected chi connectivity index (χ0v) is 55.3. The number of rotatable bonds is 71. The molecule has 3 N–H and O–H groups in total. The molecule has 0 aromatic carbocycles. The first-order valence-corrected chi connectivity index (χ1v) is 37.4. The number of ether oxygens (including phenoxy) is 1. The largest absolute Gasteiger partial charge is 0.466 e. The Labute approximate surface area is 508 Å². The number of carbonyl (C=O) groups is 2. The van der Waals surface area contributed by atoms with Gasteiger partial charge in [0.25, 0.3) is 0 Å². The molecule has 2 unspecified atom stereocenters.